The summed E-state index contributed by atoms with van der Waals surface area (Å²) >= 11 is 6.82. The van der Waals surface area contributed by atoms with Crippen molar-refractivity contribution in [3.63, 3.8) is 0 Å². The van der Waals surface area contributed by atoms with Gasteiger partial charge >= 0.3 is 0 Å². The number of hydrogen-bond acceptors (Lipinski definition) is 4. The van der Waals surface area contributed by atoms with Gasteiger partial charge in [0.1, 0.15) is 5.75 Å². The second-order valence-corrected chi connectivity index (χ2v) is 5.34. The van der Waals surface area contributed by atoms with Crippen molar-refractivity contribution in [2.24, 2.45) is 0 Å². The lowest BCUT2D eigenvalue weighted by Gasteiger charge is -2.07. The van der Waals surface area contributed by atoms with Crippen LogP contribution in [0.25, 0.3) is 0 Å². The summed E-state index contributed by atoms with van der Waals surface area (Å²) in [5, 5.41) is 11.1. The summed E-state index contributed by atoms with van der Waals surface area (Å²) < 4.78 is 7.48. The number of halogens is 2. The maximum atomic E-state index is 5.64. The average molecular weight is 373 g/mol. The smallest absolute Gasteiger partial charge is 0.238 e. The second-order valence-electron chi connectivity index (χ2n) is 3.57. The van der Waals surface area contributed by atoms with Gasteiger partial charge < -0.3 is 10.1 Å². The zero-order valence-corrected chi connectivity index (χ0v) is 12.8. The predicted molar refractivity (Wildman–Crippen MR) is 76.7 cm³/mol. The molecule has 0 aliphatic carbocycles. The maximum Gasteiger partial charge on any atom is 0.238 e. The molecule has 1 N–H and O–H groups in total. The van der Waals surface area contributed by atoms with Crippen LogP contribution in [0.1, 0.15) is 5.69 Å². The molecule has 2 aromatic rings. The van der Waals surface area contributed by atoms with Crippen molar-refractivity contribution in [1.29, 1.82) is 0 Å². The van der Waals surface area contributed by atoms with Crippen LogP contribution < -0.4 is 10.1 Å². The summed E-state index contributed by atoms with van der Waals surface area (Å²) in [4.78, 5) is 0. The topological polar surface area (TPSA) is 47.0 Å². The number of nitrogens with zero attached hydrogens (tertiary/aromatic N) is 2. The van der Waals surface area contributed by atoms with Crippen molar-refractivity contribution in [2.75, 3.05) is 7.05 Å². The Hall–Kier alpha value is -0.980. The molecule has 0 atom stereocenters. The van der Waals surface area contributed by atoms with Crippen molar-refractivity contribution < 1.29 is 4.74 Å². The lowest BCUT2D eigenvalue weighted by atomic mass is 10.3. The predicted octanol–water partition coefficient (Wildman–Crippen LogP) is 3.51. The number of rotatable bonds is 4. The van der Waals surface area contributed by atoms with E-state index in [-0.39, 0.29) is 0 Å². The Labute approximate surface area is 122 Å². The van der Waals surface area contributed by atoms with E-state index in [4.69, 9.17) is 4.74 Å². The van der Waals surface area contributed by atoms with E-state index in [0.717, 1.165) is 14.6 Å². The van der Waals surface area contributed by atoms with Crippen molar-refractivity contribution in [3.8, 4) is 11.6 Å². The van der Waals surface area contributed by atoms with Gasteiger partial charge in [-0.05, 0) is 47.2 Å². The number of benzene rings is 1. The summed E-state index contributed by atoms with van der Waals surface area (Å²) in [5.41, 5.74) is 0.875. The molecule has 0 aliphatic heterocycles. The van der Waals surface area contributed by atoms with Crippen molar-refractivity contribution in [1.82, 2.24) is 15.5 Å². The van der Waals surface area contributed by atoms with E-state index in [1.54, 1.807) is 6.07 Å². The largest absolute Gasteiger partial charge is 0.436 e. The van der Waals surface area contributed by atoms with Crippen LogP contribution in [0.15, 0.2) is 39.3 Å². The van der Waals surface area contributed by atoms with E-state index >= 15 is 0 Å². The molecule has 0 bridgehead atoms. The van der Waals surface area contributed by atoms with Crippen molar-refractivity contribution in [2.45, 2.75) is 6.54 Å². The van der Waals surface area contributed by atoms with Crippen LogP contribution in [0.2, 0.25) is 0 Å². The molecule has 0 fully saturated rings. The van der Waals surface area contributed by atoms with E-state index in [2.05, 4.69) is 47.4 Å². The van der Waals surface area contributed by atoms with E-state index in [1.165, 1.54) is 0 Å². The quantitative estimate of drug-likeness (QED) is 0.891. The van der Waals surface area contributed by atoms with Crippen LogP contribution in [-0.2, 0) is 6.54 Å². The molecular formula is C12H11Br2N3O. The van der Waals surface area contributed by atoms with Gasteiger partial charge in [-0.25, -0.2) is 0 Å². The zero-order valence-electron chi connectivity index (χ0n) is 9.65. The molecule has 94 valence electrons. The van der Waals surface area contributed by atoms with Gasteiger partial charge in [0.25, 0.3) is 0 Å². The average Bonchev–Trinajstić information content (AvgIpc) is 2.35. The third-order valence-electron chi connectivity index (χ3n) is 2.16. The third kappa shape index (κ3) is 3.51. The summed E-state index contributed by atoms with van der Waals surface area (Å²) in [7, 11) is 1.87. The van der Waals surface area contributed by atoms with Crippen LogP contribution in [0.4, 0.5) is 0 Å². The second kappa shape index (κ2) is 6.26. The first-order chi connectivity index (χ1) is 8.69. The molecule has 1 aromatic heterocycles. The van der Waals surface area contributed by atoms with Gasteiger partial charge in [-0.3, -0.25) is 0 Å². The Bertz CT molecular complexity index is 531. The highest BCUT2D eigenvalue weighted by Crippen LogP contribution is 2.30. The van der Waals surface area contributed by atoms with Crippen LogP contribution in [0.3, 0.4) is 0 Å². The van der Waals surface area contributed by atoms with Crippen LogP contribution in [0.5, 0.6) is 11.6 Å². The highest BCUT2D eigenvalue weighted by molar-refractivity contribution is 9.11. The molecule has 0 saturated heterocycles. The molecule has 18 heavy (non-hydrogen) atoms. The number of hydrogen-bond donors (Lipinski definition) is 1. The lowest BCUT2D eigenvalue weighted by molar-refractivity contribution is 0.450. The Morgan fingerprint density at radius 2 is 2.00 bits per heavy atom. The van der Waals surface area contributed by atoms with E-state index in [1.807, 2.05) is 31.3 Å². The fourth-order valence-corrected chi connectivity index (χ4v) is 2.48. The molecule has 0 aliphatic rings. The minimum absolute atomic E-state index is 0.470. The van der Waals surface area contributed by atoms with Gasteiger partial charge in [0.05, 0.1) is 10.2 Å². The number of aromatic nitrogens is 2. The van der Waals surface area contributed by atoms with Gasteiger partial charge in [-0.1, -0.05) is 15.9 Å². The molecule has 4 nitrogen and oxygen atoms in total. The molecule has 2 rings (SSSR count). The van der Waals surface area contributed by atoms with Gasteiger partial charge in [-0.15, -0.1) is 5.10 Å². The normalized spacial score (nSPS) is 10.4. The van der Waals surface area contributed by atoms with Gasteiger partial charge in [0.2, 0.25) is 5.88 Å². The van der Waals surface area contributed by atoms with Crippen molar-refractivity contribution >= 4 is 31.9 Å². The highest BCUT2D eigenvalue weighted by Gasteiger charge is 2.05. The molecule has 6 heteroatoms. The summed E-state index contributed by atoms with van der Waals surface area (Å²) in [5.74, 6) is 1.17. The first kappa shape index (κ1) is 13.5. The van der Waals surface area contributed by atoms with Crippen molar-refractivity contribution in [3.05, 3.63) is 45.0 Å². The lowest BCUT2D eigenvalue weighted by Crippen LogP contribution is -2.07. The van der Waals surface area contributed by atoms with Gasteiger partial charge in [0.15, 0.2) is 0 Å². The summed E-state index contributed by atoms with van der Waals surface area (Å²) in [6.45, 7) is 0.690. The van der Waals surface area contributed by atoms with Crippen LogP contribution in [0, 0.1) is 0 Å². The SMILES string of the molecule is CNCc1ccc(Oc2ccc(Br)cc2Br)nn1. The minimum atomic E-state index is 0.470. The maximum absolute atomic E-state index is 5.64. The Kier molecular flexibility index (Phi) is 4.68. The number of nitrogens with one attached hydrogen (secondary N) is 1. The monoisotopic (exact) mass is 371 g/mol. The summed E-state index contributed by atoms with van der Waals surface area (Å²) in [6.07, 6.45) is 0. The zero-order chi connectivity index (χ0) is 13.0. The molecule has 0 unspecified atom stereocenters. The minimum Gasteiger partial charge on any atom is -0.436 e. The molecule has 1 heterocycles. The van der Waals surface area contributed by atoms with Gasteiger partial charge in [-0.2, -0.15) is 5.10 Å². The molecule has 0 spiro atoms. The molecule has 0 radical (unpaired) electrons. The third-order valence-corrected chi connectivity index (χ3v) is 3.27. The Balaban J connectivity index is 2.13. The Morgan fingerprint density at radius 3 is 2.61 bits per heavy atom. The van der Waals surface area contributed by atoms with Crippen LogP contribution >= 0.6 is 31.9 Å². The van der Waals surface area contributed by atoms with E-state index < -0.39 is 0 Å². The Morgan fingerprint density at radius 1 is 1.17 bits per heavy atom. The fraction of sp³-hybridized carbons (Fsp3) is 0.167. The molecule has 0 saturated carbocycles. The van der Waals surface area contributed by atoms with E-state index in [0.29, 0.717) is 18.2 Å². The van der Waals surface area contributed by atoms with Gasteiger partial charge in [0, 0.05) is 17.1 Å². The van der Waals surface area contributed by atoms with Crippen LogP contribution in [-0.4, -0.2) is 17.2 Å². The highest BCUT2D eigenvalue weighted by atomic mass is 79.9. The molecule has 1 aromatic carbocycles. The van der Waals surface area contributed by atoms with E-state index in [9.17, 15) is 0 Å². The summed E-state index contributed by atoms with van der Waals surface area (Å²) in [6, 6.07) is 9.36. The molecule has 0 amide bonds. The fourth-order valence-electron chi connectivity index (χ4n) is 1.35. The first-order valence-corrected chi connectivity index (χ1v) is 6.88. The first-order valence-electron chi connectivity index (χ1n) is 5.29. The standard InChI is InChI=1S/C12H11Br2N3O/c1-15-7-9-3-5-12(17-16-9)18-11-4-2-8(13)6-10(11)14/h2-6,15H,7H2,1H3. The number of ether oxygens (including phenoxy) is 1. The molecular weight excluding hydrogens is 362 g/mol.